The summed E-state index contributed by atoms with van der Waals surface area (Å²) >= 11 is 0. The van der Waals surface area contributed by atoms with Gasteiger partial charge in [0.1, 0.15) is 0 Å². The number of hydrogen-bond acceptors (Lipinski definition) is 3. The Bertz CT molecular complexity index is 829. The molecular formula is C17H19N5O. The van der Waals surface area contributed by atoms with Crippen LogP contribution in [-0.2, 0) is 13.6 Å². The highest BCUT2D eigenvalue weighted by Crippen LogP contribution is 2.11. The van der Waals surface area contributed by atoms with Crippen LogP contribution in [0.5, 0.6) is 0 Å². The van der Waals surface area contributed by atoms with E-state index >= 15 is 0 Å². The Balaban J connectivity index is 1.68. The molecule has 1 aromatic carbocycles. The molecule has 6 nitrogen and oxygen atoms in total. The largest absolute Gasteiger partial charge is 0.305 e. The summed E-state index contributed by atoms with van der Waals surface area (Å²) < 4.78 is 3.43. The molecular weight excluding hydrogens is 290 g/mol. The summed E-state index contributed by atoms with van der Waals surface area (Å²) in [4.78, 5) is 12.2. The number of anilines is 1. The Kier molecular flexibility index (Phi) is 3.97. The third-order valence-corrected chi connectivity index (χ3v) is 3.61. The molecule has 0 atom stereocenters. The van der Waals surface area contributed by atoms with Crippen LogP contribution in [0.1, 0.15) is 27.2 Å². The van der Waals surface area contributed by atoms with Crippen molar-refractivity contribution in [3.8, 4) is 0 Å². The van der Waals surface area contributed by atoms with E-state index in [1.165, 1.54) is 11.1 Å². The third-order valence-electron chi connectivity index (χ3n) is 3.61. The van der Waals surface area contributed by atoms with Gasteiger partial charge < -0.3 is 5.32 Å². The number of hydrogen-bond donors (Lipinski definition) is 1. The molecule has 0 fully saturated rings. The van der Waals surface area contributed by atoms with Crippen molar-refractivity contribution in [2.24, 2.45) is 7.05 Å². The summed E-state index contributed by atoms with van der Waals surface area (Å²) in [6.45, 7) is 4.54. The quantitative estimate of drug-likeness (QED) is 0.805. The smallest absolute Gasteiger partial charge is 0.260 e. The molecule has 0 unspecified atom stereocenters. The van der Waals surface area contributed by atoms with E-state index in [9.17, 15) is 4.79 Å². The molecule has 2 heterocycles. The van der Waals surface area contributed by atoms with E-state index in [1.807, 2.05) is 13.1 Å². The van der Waals surface area contributed by atoms with Gasteiger partial charge in [-0.2, -0.15) is 10.2 Å². The lowest BCUT2D eigenvalue weighted by molar-refractivity contribution is 0.102. The molecule has 0 spiro atoms. The molecule has 0 aliphatic heterocycles. The average Bonchev–Trinajstić information content (AvgIpc) is 3.07. The molecule has 1 N–H and O–H groups in total. The zero-order chi connectivity index (χ0) is 16.4. The van der Waals surface area contributed by atoms with Gasteiger partial charge in [0.05, 0.1) is 17.8 Å². The van der Waals surface area contributed by atoms with Gasteiger partial charge in [-0.25, -0.2) is 0 Å². The number of aryl methyl sites for hydroxylation is 3. The molecule has 0 bridgehead atoms. The Morgan fingerprint density at radius 1 is 1.13 bits per heavy atom. The standard InChI is InChI=1S/C17H19N5O/c1-12-4-6-14(7-5-12)10-22-9-8-16(20-22)18-17(23)15-11-21(3)19-13(15)2/h4-9,11H,10H2,1-3H3,(H,18,20,23). The Hall–Kier alpha value is -2.89. The molecule has 3 aromatic rings. The minimum Gasteiger partial charge on any atom is -0.305 e. The van der Waals surface area contributed by atoms with Crippen molar-refractivity contribution < 1.29 is 4.79 Å². The first-order chi connectivity index (χ1) is 11.0. The molecule has 2 aromatic heterocycles. The van der Waals surface area contributed by atoms with Gasteiger partial charge in [-0.1, -0.05) is 29.8 Å². The normalized spacial score (nSPS) is 10.7. The van der Waals surface area contributed by atoms with Crippen molar-refractivity contribution in [2.45, 2.75) is 20.4 Å². The van der Waals surface area contributed by atoms with E-state index in [1.54, 1.807) is 28.7 Å². The minimum absolute atomic E-state index is 0.198. The summed E-state index contributed by atoms with van der Waals surface area (Å²) in [6, 6.07) is 10.1. The van der Waals surface area contributed by atoms with Crippen LogP contribution in [0.25, 0.3) is 0 Å². The van der Waals surface area contributed by atoms with Gasteiger partial charge in [0, 0.05) is 25.5 Å². The first-order valence-corrected chi connectivity index (χ1v) is 7.42. The van der Waals surface area contributed by atoms with Crippen LogP contribution in [0.15, 0.2) is 42.7 Å². The van der Waals surface area contributed by atoms with E-state index in [-0.39, 0.29) is 5.91 Å². The number of benzene rings is 1. The molecule has 23 heavy (non-hydrogen) atoms. The Labute approximate surface area is 134 Å². The van der Waals surface area contributed by atoms with Crippen LogP contribution in [0.4, 0.5) is 5.82 Å². The number of carbonyl (C=O) groups excluding carboxylic acids is 1. The summed E-state index contributed by atoms with van der Waals surface area (Å²) in [5, 5.41) is 11.4. The maximum Gasteiger partial charge on any atom is 0.260 e. The van der Waals surface area contributed by atoms with Gasteiger partial charge in [0.2, 0.25) is 0 Å². The van der Waals surface area contributed by atoms with Crippen LogP contribution in [0, 0.1) is 13.8 Å². The molecule has 6 heteroatoms. The van der Waals surface area contributed by atoms with E-state index < -0.39 is 0 Å². The topological polar surface area (TPSA) is 64.7 Å². The molecule has 0 aliphatic rings. The molecule has 0 saturated carbocycles. The molecule has 1 amide bonds. The maximum absolute atomic E-state index is 12.2. The molecule has 0 aliphatic carbocycles. The van der Waals surface area contributed by atoms with Gasteiger partial charge in [-0.15, -0.1) is 0 Å². The van der Waals surface area contributed by atoms with Crippen molar-refractivity contribution in [3.63, 3.8) is 0 Å². The highest BCUT2D eigenvalue weighted by molar-refractivity contribution is 6.04. The summed E-state index contributed by atoms with van der Waals surface area (Å²) in [5.74, 6) is 0.335. The van der Waals surface area contributed by atoms with Crippen molar-refractivity contribution in [1.82, 2.24) is 19.6 Å². The highest BCUT2D eigenvalue weighted by Gasteiger charge is 2.13. The monoisotopic (exact) mass is 309 g/mol. The van der Waals surface area contributed by atoms with Crippen LogP contribution in [0.3, 0.4) is 0 Å². The lowest BCUT2D eigenvalue weighted by Crippen LogP contribution is -2.13. The van der Waals surface area contributed by atoms with E-state index in [4.69, 9.17) is 0 Å². The second-order valence-electron chi connectivity index (χ2n) is 5.64. The summed E-state index contributed by atoms with van der Waals surface area (Å²) in [7, 11) is 1.79. The number of carbonyl (C=O) groups is 1. The Morgan fingerprint density at radius 3 is 2.52 bits per heavy atom. The highest BCUT2D eigenvalue weighted by atomic mass is 16.1. The number of rotatable bonds is 4. The fourth-order valence-electron chi connectivity index (χ4n) is 2.40. The van der Waals surface area contributed by atoms with Crippen molar-refractivity contribution >= 4 is 11.7 Å². The molecule has 118 valence electrons. The zero-order valence-electron chi connectivity index (χ0n) is 13.4. The second kappa shape index (κ2) is 6.08. The van der Waals surface area contributed by atoms with Crippen molar-refractivity contribution in [3.05, 3.63) is 65.1 Å². The lowest BCUT2D eigenvalue weighted by atomic mass is 10.1. The molecule has 0 saturated heterocycles. The fourth-order valence-corrected chi connectivity index (χ4v) is 2.40. The number of nitrogens with zero attached hydrogens (tertiary/aromatic N) is 4. The average molecular weight is 309 g/mol. The number of amides is 1. The van der Waals surface area contributed by atoms with Crippen LogP contribution < -0.4 is 5.32 Å². The zero-order valence-corrected chi connectivity index (χ0v) is 13.4. The predicted molar refractivity (Wildman–Crippen MR) is 88.4 cm³/mol. The van der Waals surface area contributed by atoms with Gasteiger partial charge in [0.15, 0.2) is 5.82 Å². The van der Waals surface area contributed by atoms with E-state index in [0.29, 0.717) is 23.6 Å². The third kappa shape index (κ3) is 3.48. The predicted octanol–water partition coefficient (Wildman–Crippen LogP) is 2.53. The lowest BCUT2D eigenvalue weighted by Gasteiger charge is -2.03. The minimum atomic E-state index is -0.198. The molecule has 0 radical (unpaired) electrons. The first-order valence-electron chi connectivity index (χ1n) is 7.42. The first kappa shape index (κ1) is 15.0. The fraction of sp³-hybridized carbons (Fsp3) is 0.235. The van der Waals surface area contributed by atoms with Crippen LogP contribution >= 0.6 is 0 Å². The second-order valence-corrected chi connectivity index (χ2v) is 5.64. The van der Waals surface area contributed by atoms with Crippen molar-refractivity contribution in [1.29, 1.82) is 0 Å². The van der Waals surface area contributed by atoms with Crippen LogP contribution in [0.2, 0.25) is 0 Å². The SMILES string of the molecule is Cc1ccc(Cn2ccc(NC(=O)c3cn(C)nc3C)n2)cc1. The summed E-state index contributed by atoms with van der Waals surface area (Å²) in [6.07, 6.45) is 3.56. The number of nitrogens with one attached hydrogen (secondary N) is 1. The van der Waals surface area contributed by atoms with E-state index in [2.05, 4.69) is 46.7 Å². The van der Waals surface area contributed by atoms with Gasteiger partial charge in [-0.3, -0.25) is 14.2 Å². The molecule has 3 rings (SSSR count). The van der Waals surface area contributed by atoms with E-state index in [0.717, 1.165) is 0 Å². The van der Waals surface area contributed by atoms with Gasteiger partial charge in [0.25, 0.3) is 5.91 Å². The Morgan fingerprint density at radius 2 is 1.87 bits per heavy atom. The maximum atomic E-state index is 12.2. The summed E-state index contributed by atoms with van der Waals surface area (Å²) in [5.41, 5.74) is 3.65. The van der Waals surface area contributed by atoms with Gasteiger partial charge >= 0.3 is 0 Å². The number of aromatic nitrogens is 4. The van der Waals surface area contributed by atoms with Crippen molar-refractivity contribution in [2.75, 3.05) is 5.32 Å². The van der Waals surface area contributed by atoms with Crippen LogP contribution in [-0.4, -0.2) is 25.5 Å². The van der Waals surface area contributed by atoms with Gasteiger partial charge in [-0.05, 0) is 19.4 Å².